The number of thiazole rings is 1. The number of aromatic nitrogens is 2. The third kappa shape index (κ3) is 5.34. The average molecular weight is 522 g/mol. The van der Waals surface area contributed by atoms with Gasteiger partial charge in [0, 0.05) is 38.8 Å². The van der Waals surface area contributed by atoms with E-state index in [9.17, 15) is 19.5 Å². The van der Waals surface area contributed by atoms with E-state index in [2.05, 4.69) is 15.5 Å². The van der Waals surface area contributed by atoms with Crippen LogP contribution < -0.4 is 15.6 Å². The largest absolute Gasteiger partial charge is 0.477 e. The molecule has 14 heteroatoms. The van der Waals surface area contributed by atoms with Crippen molar-refractivity contribution >= 4 is 64.0 Å². The molecule has 0 aliphatic carbocycles. The first-order valence-electron chi connectivity index (χ1n) is 9.99. The summed E-state index contributed by atoms with van der Waals surface area (Å²) in [5, 5.41) is 18.1. The van der Waals surface area contributed by atoms with E-state index < -0.39 is 29.9 Å². The second-order valence-electron chi connectivity index (χ2n) is 7.32. The van der Waals surface area contributed by atoms with Crippen molar-refractivity contribution < 1.29 is 28.9 Å². The lowest BCUT2D eigenvalue weighted by Gasteiger charge is -2.49. The van der Waals surface area contributed by atoms with Crippen molar-refractivity contribution in [1.29, 1.82) is 0 Å². The highest BCUT2D eigenvalue weighted by Gasteiger charge is 2.53. The van der Waals surface area contributed by atoms with Crippen LogP contribution in [0.4, 0.5) is 5.13 Å². The molecule has 4 heterocycles. The van der Waals surface area contributed by atoms with Gasteiger partial charge in [0.05, 0.1) is 11.7 Å². The molecule has 0 spiro atoms. The van der Waals surface area contributed by atoms with Gasteiger partial charge in [0.25, 0.3) is 11.8 Å². The zero-order chi connectivity index (χ0) is 24.2. The molecule has 0 saturated carbocycles. The van der Waals surface area contributed by atoms with Gasteiger partial charge >= 0.3 is 5.97 Å². The number of oxime groups is 1. The fourth-order valence-corrected chi connectivity index (χ4v) is 6.21. The summed E-state index contributed by atoms with van der Waals surface area (Å²) in [5.41, 5.74) is 6.10. The topological polar surface area (TPSA) is 151 Å². The van der Waals surface area contributed by atoms with Gasteiger partial charge in [-0.1, -0.05) is 5.16 Å². The number of carboxylic acids is 1. The van der Waals surface area contributed by atoms with E-state index in [1.165, 1.54) is 39.8 Å². The number of β-lactam (4-membered cyclic amide) rings is 1. The quantitative estimate of drug-likeness (QED) is 0.142. The fourth-order valence-electron chi connectivity index (χ4n) is 3.37. The number of anilines is 1. The fraction of sp³-hybridized carbons (Fsp3) is 0.300. The van der Waals surface area contributed by atoms with Gasteiger partial charge in [-0.05, 0) is 0 Å². The molecular weight excluding hydrogens is 500 g/mol. The smallest absolute Gasteiger partial charge is 0.353 e. The monoisotopic (exact) mass is 521 g/mol. The molecule has 4 N–H and O–H groups in total. The zero-order valence-corrected chi connectivity index (χ0v) is 20.4. The van der Waals surface area contributed by atoms with Crippen LogP contribution in [0.15, 0.2) is 50.6 Å². The van der Waals surface area contributed by atoms with Gasteiger partial charge in [0.15, 0.2) is 24.1 Å². The number of rotatable bonds is 9. The summed E-state index contributed by atoms with van der Waals surface area (Å²) < 4.78 is 1.91. The Hall–Kier alpha value is -3.10. The number of nitrogen functional groups attached to an aromatic ring is 1. The van der Waals surface area contributed by atoms with Gasteiger partial charge in [-0.2, -0.15) is 0 Å². The van der Waals surface area contributed by atoms with E-state index in [-0.39, 0.29) is 12.3 Å². The van der Waals surface area contributed by atoms with Gasteiger partial charge in [0.2, 0.25) is 0 Å². The Balaban J connectivity index is 1.34. The number of carboxylic acid groups (broad SMARTS) is 1. The summed E-state index contributed by atoms with van der Waals surface area (Å²) in [5.74, 6) is -1.32. The number of hydrogen-bond donors (Lipinski definition) is 3. The van der Waals surface area contributed by atoms with Crippen molar-refractivity contribution in [2.24, 2.45) is 12.2 Å². The zero-order valence-electron chi connectivity index (χ0n) is 17.9. The van der Waals surface area contributed by atoms with Crippen molar-refractivity contribution in [1.82, 2.24) is 15.2 Å². The normalized spacial score (nSPS) is 19.7. The van der Waals surface area contributed by atoms with Crippen molar-refractivity contribution in [3.63, 3.8) is 0 Å². The minimum Gasteiger partial charge on any atom is -0.477 e. The minimum atomic E-state index is -1.16. The molecule has 34 heavy (non-hydrogen) atoms. The maximum atomic E-state index is 12.7. The number of aliphatic carboxylic acids is 1. The van der Waals surface area contributed by atoms with Crippen LogP contribution in [0.5, 0.6) is 0 Å². The van der Waals surface area contributed by atoms with E-state index in [0.29, 0.717) is 27.2 Å². The molecule has 1 unspecified atom stereocenters. The predicted octanol–water partition coefficient (Wildman–Crippen LogP) is 0.583. The van der Waals surface area contributed by atoms with Gasteiger partial charge in [-0.3, -0.25) is 14.5 Å². The number of pyridine rings is 1. The van der Waals surface area contributed by atoms with Crippen LogP contribution in [0.25, 0.3) is 0 Å². The SMILES string of the molecule is C[n+]1ccc(SCC2=C(C(=O)O)N3C(=O)[C@@H](NC(=O)C=NOCc4csc(N)n4)C3CS2)cc1. The second-order valence-corrected chi connectivity index (χ2v) is 10.4. The summed E-state index contributed by atoms with van der Waals surface area (Å²) in [6.07, 6.45) is 4.75. The Morgan fingerprint density at radius 2 is 2.24 bits per heavy atom. The predicted molar refractivity (Wildman–Crippen MR) is 128 cm³/mol. The third-order valence-corrected chi connectivity index (χ3v) is 8.14. The molecule has 1 fully saturated rings. The molecule has 0 bridgehead atoms. The first-order chi connectivity index (χ1) is 16.3. The summed E-state index contributed by atoms with van der Waals surface area (Å²) in [6.45, 7) is 0.0574. The van der Waals surface area contributed by atoms with Gasteiger partial charge in [-0.15, -0.1) is 34.9 Å². The maximum Gasteiger partial charge on any atom is 0.353 e. The van der Waals surface area contributed by atoms with Crippen molar-refractivity contribution in [3.05, 3.63) is 46.2 Å². The lowest BCUT2D eigenvalue weighted by Crippen LogP contribution is -2.72. The van der Waals surface area contributed by atoms with Gasteiger partial charge < -0.3 is 21.0 Å². The van der Waals surface area contributed by atoms with E-state index in [4.69, 9.17) is 10.6 Å². The van der Waals surface area contributed by atoms with Crippen LogP contribution in [-0.2, 0) is 32.9 Å². The van der Waals surface area contributed by atoms with E-state index in [0.717, 1.165) is 11.1 Å². The number of carbonyl (C=O) groups is 3. The molecule has 2 amide bonds. The van der Waals surface area contributed by atoms with Gasteiger partial charge in [0.1, 0.15) is 25.0 Å². The third-order valence-electron chi connectivity index (χ3n) is 5.00. The highest BCUT2D eigenvalue weighted by molar-refractivity contribution is 8.06. The van der Waals surface area contributed by atoms with Crippen LogP contribution >= 0.6 is 34.9 Å². The Morgan fingerprint density at radius 1 is 1.47 bits per heavy atom. The summed E-state index contributed by atoms with van der Waals surface area (Å²) >= 11 is 4.16. The van der Waals surface area contributed by atoms with Crippen molar-refractivity contribution in [3.8, 4) is 0 Å². The number of nitrogens with zero attached hydrogens (tertiary/aromatic N) is 4. The highest BCUT2D eigenvalue weighted by Crippen LogP contribution is 2.41. The highest BCUT2D eigenvalue weighted by atomic mass is 32.2. The van der Waals surface area contributed by atoms with Crippen LogP contribution in [0.1, 0.15) is 5.69 Å². The number of thioether (sulfide) groups is 2. The van der Waals surface area contributed by atoms with E-state index in [1.807, 2.05) is 36.1 Å². The Labute approximate surface area is 207 Å². The lowest BCUT2D eigenvalue weighted by molar-refractivity contribution is -0.671. The number of aryl methyl sites for hydroxylation is 1. The van der Waals surface area contributed by atoms with E-state index >= 15 is 0 Å². The van der Waals surface area contributed by atoms with Crippen LogP contribution in [0, 0.1) is 0 Å². The first kappa shape index (κ1) is 24.0. The molecule has 2 aliphatic rings. The number of nitrogens with one attached hydrogen (secondary N) is 1. The molecular formula is C20H21N6O5S3+. The second kappa shape index (κ2) is 10.4. The number of carbonyl (C=O) groups excluding carboxylic acids is 2. The number of fused-ring (bicyclic) bond motifs is 1. The molecule has 2 aromatic heterocycles. The van der Waals surface area contributed by atoms with Crippen LogP contribution in [0.2, 0.25) is 0 Å². The summed E-state index contributed by atoms with van der Waals surface area (Å²) in [6, 6.07) is 2.63. The van der Waals surface area contributed by atoms with Crippen molar-refractivity contribution in [2.45, 2.75) is 23.6 Å². The molecule has 1 saturated heterocycles. The maximum absolute atomic E-state index is 12.7. The Bertz CT molecular complexity index is 1170. The molecule has 2 atom stereocenters. The number of amides is 2. The lowest BCUT2D eigenvalue weighted by atomic mass is 9.94. The molecule has 178 valence electrons. The molecule has 11 nitrogen and oxygen atoms in total. The summed E-state index contributed by atoms with van der Waals surface area (Å²) in [4.78, 5) is 48.7. The van der Waals surface area contributed by atoms with Gasteiger partial charge in [-0.25, -0.2) is 14.3 Å². The first-order valence-corrected chi connectivity index (χ1v) is 12.8. The van der Waals surface area contributed by atoms with Crippen LogP contribution in [-0.4, -0.2) is 62.6 Å². The standard InChI is InChI=1S/C20H20N6O5S3/c1-25-4-2-12(3-5-25)32-10-14-17(19(29)30)26-13(9-33-14)16(18(26)28)24-15(27)6-22-31-7-11-8-34-20(21)23-11/h2-6,8,13,16H,7,9-10H2,1H3,(H3-,21,23,24,27,29,30)/p+1/t13?,16-/m0/s1. The molecule has 2 aliphatic heterocycles. The van der Waals surface area contributed by atoms with Crippen LogP contribution in [0.3, 0.4) is 0 Å². The number of nitrogens with two attached hydrogens (primary N) is 1. The average Bonchev–Trinajstić information content (AvgIpc) is 3.24. The Kier molecular flexibility index (Phi) is 7.38. The molecule has 2 aromatic rings. The minimum absolute atomic E-state index is 0.0229. The Morgan fingerprint density at radius 3 is 2.91 bits per heavy atom. The van der Waals surface area contributed by atoms with E-state index in [1.54, 1.807) is 5.38 Å². The number of hydrogen-bond acceptors (Lipinski definition) is 10. The molecule has 0 radical (unpaired) electrons. The molecule has 0 aromatic carbocycles. The summed E-state index contributed by atoms with van der Waals surface area (Å²) in [7, 11) is 1.92. The van der Waals surface area contributed by atoms with Crippen molar-refractivity contribution in [2.75, 3.05) is 17.2 Å². The molecule has 4 rings (SSSR count).